The van der Waals surface area contributed by atoms with Crippen LogP contribution in [0.25, 0.3) is 0 Å². The van der Waals surface area contributed by atoms with E-state index in [1.54, 1.807) is 30.5 Å². The fourth-order valence-electron chi connectivity index (χ4n) is 2.32. The minimum Gasteiger partial charge on any atom is -0.340 e. The Bertz CT molecular complexity index is 844. The number of halogens is 1. The fraction of sp³-hybridized carbons (Fsp3) is 0.100. The van der Waals surface area contributed by atoms with Crippen molar-refractivity contribution in [1.29, 1.82) is 0 Å². The second kappa shape index (κ2) is 7.57. The van der Waals surface area contributed by atoms with Crippen molar-refractivity contribution < 1.29 is 9.18 Å². The molecule has 25 heavy (non-hydrogen) atoms. The molecule has 1 heterocycles. The number of hydrogen-bond acceptors (Lipinski definition) is 3. The second-order valence-electron chi connectivity index (χ2n) is 5.77. The maximum atomic E-state index is 12.9. The molecule has 1 aromatic heterocycles. The van der Waals surface area contributed by atoms with E-state index >= 15 is 0 Å². The molecule has 0 atom stereocenters. The van der Waals surface area contributed by atoms with Gasteiger partial charge in [-0.25, -0.2) is 9.37 Å². The van der Waals surface area contributed by atoms with E-state index in [9.17, 15) is 9.18 Å². The van der Waals surface area contributed by atoms with Gasteiger partial charge in [0.2, 0.25) is 5.91 Å². The van der Waals surface area contributed by atoms with Crippen molar-refractivity contribution in [2.45, 2.75) is 13.3 Å². The number of nitrogens with zero attached hydrogens (tertiary/aromatic N) is 1. The first-order valence-corrected chi connectivity index (χ1v) is 7.92. The van der Waals surface area contributed by atoms with Gasteiger partial charge in [-0.05, 0) is 48.9 Å². The summed E-state index contributed by atoms with van der Waals surface area (Å²) in [5.74, 6) is 0.234. The Kier molecular flexibility index (Phi) is 5.04. The highest BCUT2D eigenvalue weighted by Crippen LogP contribution is 2.16. The van der Waals surface area contributed by atoms with Crippen LogP contribution in [0.2, 0.25) is 0 Å². The molecule has 0 saturated carbocycles. The molecule has 2 N–H and O–H groups in total. The molecule has 0 radical (unpaired) electrons. The molecule has 0 saturated heterocycles. The maximum absolute atomic E-state index is 12.9. The molecule has 2 aromatic carbocycles. The lowest BCUT2D eigenvalue weighted by Gasteiger charge is -2.08. The van der Waals surface area contributed by atoms with Crippen LogP contribution in [0.5, 0.6) is 0 Å². The number of amides is 1. The van der Waals surface area contributed by atoms with Crippen molar-refractivity contribution in [3.63, 3.8) is 0 Å². The Labute approximate surface area is 145 Å². The number of carbonyl (C=O) groups excluding carboxylic acids is 1. The van der Waals surface area contributed by atoms with Gasteiger partial charge in [0.15, 0.2) is 0 Å². The summed E-state index contributed by atoms with van der Waals surface area (Å²) in [6.07, 6.45) is 1.90. The number of nitrogens with one attached hydrogen (secondary N) is 2. The standard InChI is InChI=1S/C20H18FN3O/c1-14-2-4-15(5-3-14)12-20(25)24-18-10-11-19(22-13-18)23-17-8-6-16(21)7-9-17/h2-11,13H,12H2,1H3,(H,22,23)(H,24,25). The number of anilines is 3. The van der Waals surface area contributed by atoms with Crippen molar-refractivity contribution in [2.75, 3.05) is 10.6 Å². The van der Waals surface area contributed by atoms with Crippen LogP contribution in [0.1, 0.15) is 11.1 Å². The van der Waals surface area contributed by atoms with Crippen LogP contribution in [0.3, 0.4) is 0 Å². The molecule has 0 unspecified atom stereocenters. The van der Waals surface area contributed by atoms with Crippen LogP contribution in [-0.4, -0.2) is 10.9 Å². The van der Waals surface area contributed by atoms with E-state index in [0.29, 0.717) is 17.9 Å². The van der Waals surface area contributed by atoms with Crippen LogP contribution in [0, 0.1) is 12.7 Å². The lowest BCUT2D eigenvalue weighted by atomic mass is 10.1. The number of pyridine rings is 1. The van der Waals surface area contributed by atoms with Crippen LogP contribution in [0.4, 0.5) is 21.6 Å². The largest absolute Gasteiger partial charge is 0.340 e. The van der Waals surface area contributed by atoms with Gasteiger partial charge in [-0.3, -0.25) is 4.79 Å². The monoisotopic (exact) mass is 335 g/mol. The van der Waals surface area contributed by atoms with Gasteiger partial charge in [0, 0.05) is 5.69 Å². The van der Waals surface area contributed by atoms with Gasteiger partial charge >= 0.3 is 0 Å². The third kappa shape index (κ3) is 4.88. The smallest absolute Gasteiger partial charge is 0.228 e. The summed E-state index contributed by atoms with van der Waals surface area (Å²) in [6.45, 7) is 2.01. The molecule has 0 aliphatic heterocycles. The Hall–Kier alpha value is -3.21. The van der Waals surface area contributed by atoms with Crippen molar-refractivity contribution in [3.05, 3.63) is 83.8 Å². The molecule has 4 nitrogen and oxygen atoms in total. The molecule has 0 spiro atoms. The van der Waals surface area contributed by atoms with E-state index in [0.717, 1.165) is 16.8 Å². The minimum absolute atomic E-state index is 0.0927. The first-order valence-electron chi connectivity index (χ1n) is 7.92. The van der Waals surface area contributed by atoms with Crippen LogP contribution in [-0.2, 0) is 11.2 Å². The average molecular weight is 335 g/mol. The molecular weight excluding hydrogens is 317 g/mol. The van der Waals surface area contributed by atoms with E-state index in [2.05, 4.69) is 15.6 Å². The van der Waals surface area contributed by atoms with Crippen molar-refractivity contribution in [2.24, 2.45) is 0 Å². The molecule has 3 rings (SSSR count). The topological polar surface area (TPSA) is 54.0 Å². The van der Waals surface area contributed by atoms with Gasteiger partial charge in [-0.1, -0.05) is 29.8 Å². The maximum Gasteiger partial charge on any atom is 0.228 e. The molecule has 3 aromatic rings. The summed E-state index contributed by atoms with van der Waals surface area (Å²) in [7, 11) is 0. The lowest BCUT2D eigenvalue weighted by Crippen LogP contribution is -2.14. The summed E-state index contributed by atoms with van der Waals surface area (Å²) in [5.41, 5.74) is 3.50. The van der Waals surface area contributed by atoms with E-state index in [-0.39, 0.29) is 11.7 Å². The van der Waals surface area contributed by atoms with Gasteiger partial charge in [0.25, 0.3) is 0 Å². The predicted octanol–water partition coefficient (Wildman–Crippen LogP) is 4.45. The van der Waals surface area contributed by atoms with E-state index in [4.69, 9.17) is 0 Å². The third-order valence-corrected chi connectivity index (χ3v) is 3.65. The number of carbonyl (C=O) groups is 1. The molecule has 1 amide bonds. The van der Waals surface area contributed by atoms with Gasteiger partial charge < -0.3 is 10.6 Å². The Morgan fingerprint density at radius 2 is 1.64 bits per heavy atom. The first kappa shape index (κ1) is 16.6. The minimum atomic E-state index is -0.287. The van der Waals surface area contributed by atoms with Gasteiger partial charge in [-0.15, -0.1) is 0 Å². The van der Waals surface area contributed by atoms with Gasteiger partial charge in [0.1, 0.15) is 11.6 Å². The number of hydrogen-bond donors (Lipinski definition) is 2. The third-order valence-electron chi connectivity index (χ3n) is 3.65. The average Bonchev–Trinajstić information content (AvgIpc) is 2.61. The SMILES string of the molecule is Cc1ccc(CC(=O)Nc2ccc(Nc3ccc(F)cc3)nc2)cc1. The van der Waals surface area contributed by atoms with E-state index < -0.39 is 0 Å². The van der Waals surface area contributed by atoms with Crippen molar-refractivity contribution >= 4 is 23.1 Å². The Morgan fingerprint density at radius 1 is 0.960 bits per heavy atom. The highest BCUT2D eigenvalue weighted by atomic mass is 19.1. The zero-order valence-electron chi connectivity index (χ0n) is 13.8. The summed E-state index contributed by atoms with van der Waals surface area (Å²) in [5, 5.41) is 5.89. The normalized spacial score (nSPS) is 10.3. The molecule has 0 aliphatic carbocycles. The summed E-state index contributed by atoms with van der Waals surface area (Å²) < 4.78 is 12.9. The highest BCUT2D eigenvalue weighted by molar-refractivity contribution is 5.92. The van der Waals surface area contributed by atoms with Gasteiger partial charge in [0.05, 0.1) is 18.3 Å². The Balaban J connectivity index is 1.57. The highest BCUT2D eigenvalue weighted by Gasteiger charge is 2.05. The van der Waals surface area contributed by atoms with Crippen molar-refractivity contribution in [3.8, 4) is 0 Å². The zero-order valence-corrected chi connectivity index (χ0v) is 13.8. The summed E-state index contributed by atoms with van der Waals surface area (Å²) >= 11 is 0. The molecule has 0 fully saturated rings. The van der Waals surface area contributed by atoms with Crippen LogP contribution < -0.4 is 10.6 Å². The van der Waals surface area contributed by atoms with E-state index in [1.807, 2.05) is 31.2 Å². The van der Waals surface area contributed by atoms with Crippen LogP contribution >= 0.6 is 0 Å². The van der Waals surface area contributed by atoms with Crippen molar-refractivity contribution in [1.82, 2.24) is 4.98 Å². The van der Waals surface area contributed by atoms with Gasteiger partial charge in [-0.2, -0.15) is 0 Å². The molecule has 0 bridgehead atoms. The number of benzene rings is 2. The molecule has 0 aliphatic rings. The fourth-order valence-corrected chi connectivity index (χ4v) is 2.32. The summed E-state index contributed by atoms with van der Waals surface area (Å²) in [6, 6.07) is 17.4. The van der Waals surface area contributed by atoms with E-state index in [1.165, 1.54) is 12.1 Å². The number of aryl methyl sites for hydroxylation is 1. The zero-order chi connectivity index (χ0) is 17.6. The predicted molar refractivity (Wildman–Crippen MR) is 97.4 cm³/mol. The number of aromatic nitrogens is 1. The second-order valence-corrected chi connectivity index (χ2v) is 5.77. The summed E-state index contributed by atoms with van der Waals surface area (Å²) in [4.78, 5) is 16.3. The molecule has 126 valence electrons. The first-order chi connectivity index (χ1) is 12.1. The molecular formula is C20H18FN3O. The lowest BCUT2D eigenvalue weighted by molar-refractivity contribution is -0.115. The molecule has 5 heteroatoms. The van der Waals surface area contributed by atoms with Crippen LogP contribution in [0.15, 0.2) is 66.9 Å². The Morgan fingerprint density at radius 3 is 2.28 bits per heavy atom. The quantitative estimate of drug-likeness (QED) is 0.724. The number of rotatable bonds is 5.